The number of carbonyl (C=O) groups is 1. The van der Waals surface area contributed by atoms with Crippen molar-refractivity contribution in [2.75, 3.05) is 0 Å². The van der Waals surface area contributed by atoms with Crippen molar-refractivity contribution in [3.8, 4) is 0 Å². The molecule has 1 rings (SSSR count). The van der Waals surface area contributed by atoms with Gasteiger partial charge in [0.1, 0.15) is 4.47 Å². The van der Waals surface area contributed by atoms with Crippen LogP contribution >= 0.6 is 15.9 Å². The maximum Gasteiger partial charge on any atom is 0.291 e. The summed E-state index contributed by atoms with van der Waals surface area (Å²) in [4.78, 5) is 33.0. The van der Waals surface area contributed by atoms with Crippen molar-refractivity contribution in [1.82, 2.24) is 0 Å². The Labute approximate surface area is 106 Å². The van der Waals surface area contributed by atoms with Crippen LogP contribution < -0.4 is 0 Å². The third kappa shape index (κ3) is 2.59. The summed E-state index contributed by atoms with van der Waals surface area (Å²) in [5.74, 6) is -1.16. The molecule has 0 aliphatic carbocycles. The number of rotatable bonds is 3. The van der Waals surface area contributed by atoms with E-state index in [2.05, 4.69) is 26.0 Å². The number of nitrogens with zero attached hydrogens (tertiary/aromatic N) is 5. The quantitative estimate of drug-likeness (QED) is 0.276. The molecule has 0 bridgehead atoms. The molecule has 0 aliphatic rings. The maximum atomic E-state index is 11.3. The molecule has 0 unspecified atom stereocenters. The van der Waals surface area contributed by atoms with Crippen molar-refractivity contribution in [3.63, 3.8) is 0 Å². The maximum absolute atomic E-state index is 11.3. The summed E-state index contributed by atoms with van der Waals surface area (Å²) in [6.45, 7) is 0. The monoisotopic (exact) mass is 315 g/mol. The van der Waals surface area contributed by atoms with E-state index in [1.54, 1.807) is 0 Å². The Balaban J connectivity index is 3.59. The summed E-state index contributed by atoms with van der Waals surface area (Å²) in [6, 6.07) is 1.48. The van der Waals surface area contributed by atoms with Gasteiger partial charge in [-0.3, -0.25) is 25.0 Å². The van der Waals surface area contributed by atoms with E-state index >= 15 is 0 Å². The Kier molecular flexibility index (Phi) is 3.92. The number of carbonyl (C=O) groups excluding carboxylic acids is 1. The van der Waals surface area contributed by atoms with Crippen LogP contribution in [0.2, 0.25) is 0 Å². The van der Waals surface area contributed by atoms with Crippen LogP contribution in [0.25, 0.3) is 10.4 Å². The average Bonchev–Trinajstić information content (AvgIpc) is 2.28. The van der Waals surface area contributed by atoms with Crippen molar-refractivity contribution in [2.45, 2.75) is 0 Å². The van der Waals surface area contributed by atoms with E-state index < -0.39 is 32.7 Å². The van der Waals surface area contributed by atoms with Crippen LogP contribution in [-0.2, 0) is 0 Å². The van der Waals surface area contributed by atoms with Gasteiger partial charge in [-0.15, -0.1) is 0 Å². The molecule has 0 atom stereocenters. The average molecular weight is 316 g/mol. The minimum atomic E-state index is -1.16. The number of hydrogen-bond acceptors (Lipinski definition) is 5. The van der Waals surface area contributed by atoms with Crippen molar-refractivity contribution in [1.29, 1.82) is 0 Å². The minimum Gasteiger partial charge on any atom is -0.287 e. The number of azide groups is 1. The lowest BCUT2D eigenvalue weighted by molar-refractivity contribution is -0.394. The first-order valence-electron chi connectivity index (χ1n) is 4.10. The number of benzene rings is 1. The summed E-state index contributed by atoms with van der Waals surface area (Å²) in [6.07, 6.45) is 0. The first-order valence-corrected chi connectivity index (χ1v) is 4.89. The highest BCUT2D eigenvalue weighted by atomic mass is 79.9. The van der Waals surface area contributed by atoms with Gasteiger partial charge in [-0.2, -0.15) is 0 Å². The first kappa shape index (κ1) is 13.5. The van der Waals surface area contributed by atoms with Crippen LogP contribution in [0.5, 0.6) is 0 Å². The van der Waals surface area contributed by atoms with E-state index in [0.29, 0.717) is 6.07 Å². The van der Waals surface area contributed by atoms with E-state index in [1.165, 1.54) is 0 Å². The summed E-state index contributed by atoms with van der Waals surface area (Å²) < 4.78 is -0.282. The number of hydrogen-bond donors (Lipinski definition) is 0. The molecular formula is C7H2BrN5O5. The molecule has 0 aromatic heterocycles. The zero-order chi connectivity index (χ0) is 13.9. The van der Waals surface area contributed by atoms with Gasteiger partial charge in [0.15, 0.2) is 0 Å². The molecule has 0 N–H and O–H groups in total. The van der Waals surface area contributed by atoms with Crippen molar-refractivity contribution in [3.05, 3.63) is 52.8 Å². The predicted molar refractivity (Wildman–Crippen MR) is 60.9 cm³/mol. The molecule has 1 aromatic rings. The van der Waals surface area contributed by atoms with Crippen LogP contribution in [0.4, 0.5) is 11.4 Å². The lowest BCUT2D eigenvalue weighted by Gasteiger charge is -2.01. The van der Waals surface area contributed by atoms with E-state index in [0.717, 1.165) is 6.07 Å². The lowest BCUT2D eigenvalue weighted by Crippen LogP contribution is -2.01. The van der Waals surface area contributed by atoms with E-state index in [9.17, 15) is 25.0 Å². The first-order chi connectivity index (χ1) is 8.38. The summed E-state index contributed by atoms with van der Waals surface area (Å²) >= 11 is 2.77. The molecule has 0 heterocycles. The highest BCUT2D eigenvalue weighted by molar-refractivity contribution is 9.10. The van der Waals surface area contributed by atoms with Crippen LogP contribution in [0.15, 0.2) is 21.7 Å². The van der Waals surface area contributed by atoms with Gasteiger partial charge < -0.3 is 0 Å². The zero-order valence-electron chi connectivity index (χ0n) is 8.31. The van der Waals surface area contributed by atoms with Gasteiger partial charge in [0.2, 0.25) is 0 Å². The van der Waals surface area contributed by atoms with Crippen molar-refractivity contribution in [2.24, 2.45) is 5.11 Å². The summed E-state index contributed by atoms with van der Waals surface area (Å²) in [5.41, 5.74) is 6.33. The standard InChI is InChI=1S/C7H2BrN5O5/c8-6-4(7(14)10-11-9)1-3(12(15)16)2-5(6)13(17)18/h1-2H. The van der Waals surface area contributed by atoms with Crippen LogP contribution in [-0.4, -0.2) is 15.8 Å². The Morgan fingerprint density at radius 3 is 2.39 bits per heavy atom. The molecule has 0 aliphatic heterocycles. The van der Waals surface area contributed by atoms with Crippen LogP contribution in [0.3, 0.4) is 0 Å². The zero-order valence-corrected chi connectivity index (χ0v) is 9.90. The van der Waals surface area contributed by atoms with Gasteiger partial charge in [-0.1, -0.05) is 0 Å². The fourth-order valence-corrected chi connectivity index (χ4v) is 1.63. The summed E-state index contributed by atoms with van der Waals surface area (Å²) in [5, 5.41) is 24.0. The molecule has 1 amide bonds. The molecule has 0 spiro atoms. The van der Waals surface area contributed by atoms with Crippen molar-refractivity contribution < 1.29 is 14.6 Å². The van der Waals surface area contributed by atoms with E-state index in [4.69, 9.17) is 5.53 Å². The van der Waals surface area contributed by atoms with Gasteiger partial charge in [0.25, 0.3) is 17.3 Å². The topological polar surface area (TPSA) is 152 Å². The second-order valence-corrected chi connectivity index (χ2v) is 3.63. The third-order valence-electron chi connectivity index (χ3n) is 1.81. The van der Waals surface area contributed by atoms with Gasteiger partial charge in [0.05, 0.1) is 21.5 Å². The Hall–Kier alpha value is -2.52. The molecule has 18 heavy (non-hydrogen) atoms. The summed E-state index contributed by atoms with van der Waals surface area (Å²) in [7, 11) is 0. The highest BCUT2D eigenvalue weighted by Crippen LogP contribution is 2.33. The van der Waals surface area contributed by atoms with Gasteiger partial charge in [-0.05, 0) is 26.6 Å². The fraction of sp³-hybridized carbons (Fsp3) is 0. The molecule has 1 aromatic carbocycles. The Morgan fingerprint density at radius 1 is 1.33 bits per heavy atom. The second-order valence-electron chi connectivity index (χ2n) is 2.84. The van der Waals surface area contributed by atoms with Gasteiger partial charge in [0, 0.05) is 11.0 Å². The van der Waals surface area contributed by atoms with Gasteiger partial charge in [-0.25, -0.2) is 0 Å². The lowest BCUT2D eigenvalue weighted by atomic mass is 10.1. The Morgan fingerprint density at radius 2 is 1.94 bits per heavy atom. The normalized spacial score (nSPS) is 9.39. The second kappa shape index (κ2) is 5.21. The number of non-ortho nitro benzene ring substituents is 1. The largest absolute Gasteiger partial charge is 0.291 e. The Bertz CT molecular complexity index is 608. The predicted octanol–water partition coefficient (Wildman–Crippen LogP) is 2.72. The smallest absolute Gasteiger partial charge is 0.287 e. The minimum absolute atomic E-state index is 0.282. The van der Waals surface area contributed by atoms with Crippen LogP contribution in [0.1, 0.15) is 10.4 Å². The van der Waals surface area contributed by atoms with E-state index in [-0.39, 0.29) is 4.47 Å². The molecule has 0 saturated heterocycles. The van der Waals surface area contributed by atoms with Crippen LogP contribution in [0, 0.1) is 20.2 Å². The molecule has 0 saturated carbocycles. The molecule has 11 heteroatoms. The highest BCUT2D eigenvalue weighted by Gasteiger charge is 2.25. The molecule has 0 radical (unpaired) electrons. The molecule has 0 fully saturated rings. The third-order valence-corrected chi connectivity index (χ3v) is 2.65. The fourth-order valence-electron chi connectivity index (χ4n) is 1.08. The molecular weight excluding hydrogens is 314 g/mol. The van der Waals surface area contributed by atoms with Crippen molar-refractivity contribution >= 4 is 33.2 Å². The SMILES string of the molecule is [N-]=[N+]=NC(=O)c1cc([N+](=O)[O-])cc([N+](=O)[O-])c1Br. The molecule has 10 nitrogen and oxygen atoms in total. The number of nitro groups is 2. The molecule has 92 valence electrons. The van der Waals surface area contributed by atoms with Gasteiger partial charge >= 0.3 is 0 Å². The van der Waals surface area contributed by atoms with E-state index in [1.807, 2.05) is 0 Å². The number of amides is 1. The number of halogens is 1. The number of nitro benzene ring substituents is 2.